The molecule has 156 valence electrons. The number of amides is 2. The van der Waals surface area contributed by atoms with E-state index in [2.05, 4.69) is 15.2 Å². The third-order valence-corrected chi connectivity index (χ3v) is 5.86. The van der Waals surface area contributed by atoms with E-state index < -0.39 is 5.82 Å². The summed E-state index contributed by atoms with van der Waals surface area (Å²) in [5.74, 6) is 0.304. The molecular weight excluding hydrogens is 403 g/mol. The van der Waals surface area contributed by atoms with E-state index in [0.717, 1.165) is 23.8 Å². The molecule has 4 rings (SSSR count). The van der Waals surface area contributed by atoms with Crippen molar-refractivity contribution < 1.29 is 13.9 Å². The highest BCUT2D eigenvalue weighted by molar-refractivity contribution is 7.13. The topological polar surface area (TPSA) is 57.7 Å². The summed E-state index contributed by atoms with van der Waals surface area (Å²) in [6.07, 6.45) is 0.816. The molecule has 0 bridgehead atoms. The van der Waals surface area contributed by atoms with Crippen molar-refractivity contribution in [2.24, 2.45) is 0 Å². The minimum atomic E-state index is -0.536. The van der Waals surface area contributed by atoms with Gasteiger partial charge in [-0.05, 0) is 37.6 Å². The molecule has 1 saturated heterocycles. The van der Waals surface area contributed by atoms with Crippen LogP contribution in [0.1, 0.15) is 12.1 Å². The summed E-state index contributed by atoms with van der Waals surface area (Å²) in [6.45, 7) is 4.62. The lowest BCUT2D eigenvalue weighted by molar-refractivity contribution is 0.215. The van der Waals surface area contributed by atoms with Gasteiger partial charge in [0.2, 0.25) is 0 Å². The van der Waals surface area contributed by atoms with Gasteiger partial charge in [0.1, 0.15) is 11.4 Å². The number of nitrogens with zero attached hydrogens (tertiary/aromatic N) is 3. The maximum absolute atomic E-state index is 14.5. The van der Waals surface area contributed by atoms with Gasteiger partial charge in [-0.2, -0.15) is 0 Å². The van der Waals surface area contributed by atoms with E-state index in [4.69, 9.17) is 4.74 Å². The molecule has 0 atom stereocenters. The van der Waals surface area contributed by atoms with Crippen LogP contribution in [0, 0.1) is 12.7 Å². The molecule has 0 radical (unpaired) electrons. The van der Waals surface area contributed by atoms with Crippen molar-refractivity contribution in [2.45, 2.75) is 13.3 Å². The Hall–Kier alpha value is -3.13. The highest BCUT2D eigenvalue weighted by Gasteiger charge is 2.22. The number of carbonyl (C=O) groups excluding carboxylic acids is 1. The van der Waals surface area contributed by atoms with Crippen LogP contribution in [0.15, 0.2) is 53.9 Å². The van der Waals surface area contributed by atoms with E-state index in [0.29, 0.717) is 25.4 Å². The summed E-state index contributed by atoms with van der Waals surface area (Å²) >= 11 is 1.61. The van der Waals surface area contributed by atoms with Gasteiger partial charge in [-0.25, -0.2) is 14.2 Å². The monoisotopic (exact) mass is 426 g/mol. The van der Waals surface area contributed by atoms with Gasteiger partial charge < -0.3 is 19.9 Å². The molecule has 2 heterocycles. The molecule has 1 N–H and O–H groups in total. The Morgan fingerprint density at radius 1 is 1.10 bits per heavy atom. The largest absolute Gasteiger partial charge is 0.455 e. The zero-order valence-electron chi connectivity index (χ0n) is 16.7. The van der Waals surface area contributed by atoms with Gasteiger partial charge in [-0.3, -0.25) is 0 Å². The average Bonchev–Trinajstić information content (AvgIpc) is 3.03. The Kier molecular flexibility index (Phi) is 6.13. The number of aryl methyl sites for hydroxylation is 1. The minimum Gasteiger partial charge on any atom is -0.455 e. The first-order chi connectivity index (χ1) is 14.6. The van der Waals surface area contributed by atoms with Crippen LogP contribution >= 0.6 is 11.3 Å². The van der Waals surface area contributed by atoms with Crippen LogP contribution in [0.5, 0.6) is 11.5 Å². The molecule has 0 spiro atoms. The van der Waals surface area contributed by atoms with Crippen LogP contribution in [0.2, 0.25) is 0 Å². The van der Waals surface area contributed by atoms with Crippen molar-refractivity contribution in [1.29, 1.82) is 0 Å². The maximum atomic E-state index is 14.5. The van der Waals surface area contributed by atoms with Gasteiger partial charge >= 0.3 is 6.03 Å². The zero-order chi connectivity index (χ0) is 20.9. The molecule has 1 aliphatic heterocycles. The van der Waals surface area contributed by atoms with Crippen molar-refractivity contribution >= 4 is 28.2 Å². The lowest BCUT2D eigenvalue weighted by Crippen LogP contribution is -2.38. The van der Waals surface area contributed by atoms with Crippen LogP contribution in [0.4, 0.5) is 20.0 Å². The molecule has 0 aliphatic carbocycles. The fourth-order valence-corrected chi connectivity index (χ4v) is 4.17. The number of para-hydroxylation sites is 2. The molecule has 8 heteroatoms. The average molecular weight is 427 g/mol. The van der Waals surface area contributed by atoms with Gasteiger partial charge in [-0.1, -0.05) is 24.3 Å². The van der Waals surface area contributed by atoms with Crippen molar-refractivity contribution in [1.82, 2.24) is 9.88 Å². The van der Waals surface area contributed by atoms with Gasteiger partial charge in [0.15, 0.2) is 16.7 Å². The second-order valence-corrected chi connectivity index (χ2v) is 7.89. The Bertz CT molecular complexity index is 1010. The predicted molar refractivity (Wildman–Crippen MR) is 117 cm³/mol. The van der Waals surface area contributed by atoms with Crippen LogP contribution in [-0.4, -0.2) is 42.1 Å². The SMILES string of the molecule is Cc1csc(N2CCCN(C(=O)Nc3c(F)cccc3Oc3ccccc3)CC2)n1. The third-order valence-electron chi connectivity index (χ3n) is 4.84. The molecule has 1 fully saturated rings. The number of benzene rings is 2. The number of nitrogens with one attached hydrogen (secondary N) is 1. The zero-order valence-corrected chi connectivity index (χ0v) is 17.5. The van der Waals surface area contributed by atoms with Crippen molar-refractivity contribution in [3.8, 4) is 11.5 Å². The lowest BCUT2D eigenvalue weighted by atomic mass is 10.2. The van der Waals surface area contributed by atoms with Crippen molar-refractivity contribution in [2.75, 3.05) is 36.4 Å². The lowest BCUT2D eigenvalue weighted by Gasteiger charge is -2.23. The third kappa shape index (κ3) is 4.71. The second kappa shape index (κ2) is 9.13. The summed E-state index contributed by atoms with van der Waals surface area (Å²) in [7, 11) is 0. The quantitative estimate of drug-likeness (QED) is 0.629. The van der Waals surface area contributed by atoms with Gasteiger partial charge in [0.05, 0.1) is 5.69 Å². The van der Waals surface area contributed by atoms with E-state index in [1.54, 1.807) is 40.5 Å². The normalized spacial score (nSPS) is 14.3. The van der Waals surface area contributed by atoms with Gasteiger partial charge in [0.25, 0.3) is 0 Å². The number of rotatable bonds is 4. The Morgan fingerprint density at radius 3 is 2.70 bits per heavy atom. The van der Waals surface area contributed by atoms with Crippen LogP contribution in [0.25, 0.3) is 0 Å². The van der Waals surface area contributed by atoms with E-state index in [1.807, 2.05) is 30.5 Å². The summed E-state index contributed by atoms with van der Waals surface area (Å²) in [5, 5.41) is 5.71. The highest BCUT2D eigenvalue weighted by Crippen LogP contribution is 2.32. The fourth-order valence-electron chi connectivity index (χ4n) is 3.31. The second-order valence-electron chi connectivity index (χ2n) is 7.06. The van der Waals surface area contributed by atoms with Crippen molar-refractivity contribution in [3.63, 3.8) is 0 Å². The maximum Gasteiger partial charge on any atom is 0.322 e. The number of halogens is 1. The summed E-state index contributed by atoms with van der Waals surface area (Å²) in [5.41, 5.74) is 1.04. The summed E-state index contributed by atoms with van der Waals surface area (Å²) in [4.78, 5) is 21.3. The van der Waals surface area contributed by atoms with E-state index in [-0.39, 0.29) is 17.5 Å². The van der Waals surface area contributed by atoms with Gasteiger partial charge in [-0.15, -0.1) is 11.3 Å². The van der Waals surface area contributed by atoms with E-state index in [1.165, 1.54) is 6.07 Å². The molecule has 2 amide bonds. The molecule has 1 aliphatic rings. The molecule has 2 aromatic carbocycles. The van der Waals surface area contributed by atoms with Crippen LogP contribution in [0.3, 0.4) is 0 Å². The molecule has 0 unspecified atom stereocenters. The first-order valence-electron chi connectivity index (χ1n) is 9.84. The Balaban J connectivity index is 1.45. The Labute approximate surface area is 178 Å². The minimum absolute atomic E-state index is 0.0444. The standard InChI is InChI=1S/C22H23FN4O2S/c1-16-15-30-22(24-16)27-12-6-11-26(13-14-27)21(28)25-20-18(23)9-5-10-19(20)29-17-7-3-2-4-8-17/h2-5,7-10,15H,6,11-14H2,1H3,(H,25,28). The fraction of sp³-hybridized carbons (Fsp3) is 0.273. The van der Waals surface area contributed by atoms with Crippen LogP contribution < -0.4 is 15.0 Å². The predicted octanol–water partition coefficient (Wildman–Crippen LogP) is 5.13. The molecule has 6 nitrogen and oxygen atoms in total. The van der Waals surface area contributed by atoms with Crippen LogP contribution in [-0.2, 0) is 0 Å². The highest BCUT2D eigenvalue weighted by atomic mass is 32.1. The molecule has 1 aromatic heterocycles. The Morgan fingerprint density at radius 2 is 1.93 bits per heavy atom. The number of hydrogen-bond donors (Lipinski definition) is 1. The number of aromatic nitrogens is 1. The summed E-state index contributed by atoms with van der Waals surface area (Å²) < 4.78 is 20.3. The summed E-state index contributed by atoms with van der Waals surface area (Å²) in [6, 6.07) is 13.3. The van der Waals surface area contributed by atoms with Crippen molar-refractivity contribution in [3.05, 3.63) is 65.4 Å². The first-order valence-corrected chi connectivity index (χ1v) is 10.7. The number of carbonyl (C=O) groups is 1. The molecule has 0 saturated carbocycles. The smallest absolute Gasteiger partial charge is 0.322 e. The van der Waals surface area contributed by atoms with E-state index in [9.17, 15) is 9.18 Å². The number of hydrogen-bond acceptors (Lipinski definition) is 5. The number of thiazole rings is 1. The molecular formula is C22H23FN4O2S. The number of anilines is 2. The van der Waals surface area contributed by atoms with Gasteiger partial charge in [0, 0.05) is 31.6 Å². The molecule has 30 heavy (non-hydrogen) atoms. The first kappa shape index (κ1) is 20.2. The number of urea groups is 1. The van der Waals surface area contributed by atoms with E-state index >= 15 is 0 Å². The molecule has 3 aromatic rings. The number of ether oxygens (including phenoxy) is 1.